The smallest absolute Gasteiger partial charge is 0.256 e. The number of amides is 1. The van der Waals surface area contributed by atoms with E-state index in [-0.39, 0.29) is 17.1 Å². The first-order valence-electron chi connectivity index (χ1n) is 6.37. The van der Waals surface area contributed by atoms with E-state index in [1.807, 2.05) is 17.5 Å². The molecule has 0 bridgehead atoms. The topological polar surface area (TPSA) is 55.1 Å². The Balaban J connectivity index is 1.69. The number of carbonyl (C=O) groups excluding carboxylic acids is 1. The van der Waals surface area contributed by atoms with Crippen molar-refractivity contribution in [1.82, 2.24) is 10.5 Å². The van der Waals surface area contributed by atoms with Crippen LogP contribution in [0.3, 0.4) is 0 Å². The summed E-state index contributed by atoms with van der Waals surface area (Å²) in [4.78, 5) is 12.9. The van der Waals surface area contributed by atoms with Gasteiger partial charge in [-0.15, -0.1) is 11.3 Å². The number of thiophene rings is 1. The molecule has 1 aromatic carbocycles. The highest BCUT2D eigenvalue weighted by molar-refractivity contribution is 7.13. The molecule has 112 valence electrons. The molecule has 0 aliphatic carbocycles. The van der Waals surface area contributed by atoms with Crippen LogP contribution in [0.2, 0.25) is 5.02 Å². The molecule has 22 heavy (non-hydrogen) atoms. The van der Waals surface area contributed by atoms with Crippen molar-refractivity contribution in [2.75, 3.05) is 0 Å². The van der Waals surface area contributed by atoms with Crippen LogP contribution < -0.4 is 5.32 Å². The third kappa shape index (κ3) is 3.03. The number of aromatic nitrogens is 1. The summed E-state index contributed by atoms with van der Waals surface area (Å²) < 4.78 is 18.8. The third-order valence-electron chi connectivity index (χ3n) is 2.94. The Morgan fingerprint density at radius 1 is 1.36 bits per heavy atom. The van der Waals surface area contributed by atoms with E-state index in [0.717, 1.165) is 4.88 Å². The van der Waals surface area contributed by atoms with Gasteiger partial charge in [-0.1, -0.05) is 28.9 Å². The zero-order valence-electron chi connectivity index (χ0n) is 11.2. The van der Waals surface area contributed by atoms with Crippen LogP contribution >= 0.6 is 22.9 Å². The van der Waals surface area contributed by atoms with Gasteiger partial charge in [0.25, 0.3) is 5.91 Å². The summed E-state index contributed by atoms with van der Waals surface area (Å²) >= 11 is 7.37. The normalized spacial score (nSPS) is 10.6. The molecule has 0 saturated heterocycles. The van der Waals surface area contributed by atoms with Crippen molar-refractivity contribution in [3.05, 3.63) is 63.9 Å². The van der Waals surface area contributed by atoms with Crippen molar-refractivity contribution < 1.29 is 13.7 Å². The molecule has 4 nitrogen and oxygen atoms in total. The number of rotatable bonds is 4. The monoisotopic (exact) mass is 336 g/mol. The summed E-state index contributed by atoms with van der Waals surface area (Å²) in [7, 11) is 0. The Hall–Kier alpha value is -2.18. The maximum atomic E-state index is 13.6. The summed E-state index contributed by atoms with van der Waals surface area (Å²) in [6, 6.07) is 9.64. The van der Waals surface area contributed by atoms with Crippen LogP contribution in [-0.2, 0) is 6.54 Å². The lowest BCUT2D eigenvalue weighted by molar-refractivity contribution is 0.0946. The van der Waals surface area contributed by atoms with Crippen LogP contribution in [0.15, 0.2) is 46.3 Å². The molecule has 0 aliphatic rings. The molecule has 0 aliphatic heterocycles. The van der Waals surface area contributed by atoms with E-state index < -0.39 is 11.7 Å². The lowest BCUT2D eigenvalue weighted by Gasteiger charge is -2.05. The number of hydrogen-bond acceptors (Lipinski definition) is 4. The van der Waals surface area contributed by atoms with Crippen LogP contribution in [-0.4, -0.2) is 11.1 Å². The first kappa shape index (κ1) is 14.7. The molecule has 2 aromatic heterocycles. The summed E-state index contributed by atoms with van der Waals surface area (Å²) in [5.41, 5.74) is 0.371. The van der Waals surface area contributed by atoms with Gasteiger partial charge in [-0.2, -0.15) is 0 Å². The Bertz CT molecular complexity index is 781. The van der Waals surface area contributed by atoms with Gasteiger partial charge in [-0.25, -0.2) is 4.39 Å². The summed E-state index contributed by atoms with van der Waals surface area (Å²) in [5, 5.41) is 8.44. The molecular weight excluding hydrogens is 327 g/mol. The van der Waals surface area contributed by atoms with Crippen LogP contribution in [0, 0.1) is 5.82 Å². The fraction of sp³-hybridized carbons (Fsp3) is 0.0667. The summed E-state index contributed by atoms with van der Waals surface area (Å²) in [6.07, 6.45) is 0. The Kier molecular flexibility index (Phi) is 4.22. The van der Waals surface area contributed by atoms with Crippen molar-refractivity contribution in [2.24, 2.45) is 0 Å². The third-order valence-corrected chi connectivity index (χ3v) is 4.14. The highest BCUT2D eigenvalue weighted by atomic mass is 35.5. The predicted molar refractivity (Wildman–Crippen MR) is 82.4 cm³/mol. The van der Waals surface area contributed by atoms with E-state index in [9.17, 15) is 9.18 Å². The van der Waals surface area contributed by atoms with Crippen molar-refractivity contribution in [1.29, 1.82) is 0 Å². The standard InChI is InChI=1S/C15H10ClFN2O2S/c16-10-3-1-4-11(17)14(10)15(20)18-8-9-7-12(21-19-9)13-5-2-6-22-13/h1-7H,8H2,(H,18,20). The lowest BCUT2D eigenvalue weighted by atomic mass is 10.2. The fourth-order valence-corrected chi connectivity index (χ4v) is 2.83. The minimum atomic E-state index is -0.663. The van der Waals surface area contributed by atoms with E-state index >= 15 is 0 Å². The zero-order chi connectivity index (χ0) is 15.5. The quantitative estimate of drug-likeness (QED) is 0.779. The van der Waals surface area contributed by atoms with Gasteiger partial charge in [-0.3, -0.25) is 4.79 Å². The van der Waals surface area contributed by atoms with Gasteiger partial charge in [0, 0.05) is 6.07 Å². The van der Waals surface area contributed by atoms with E-state index in [1.54, 1.807) is 6.07 Å². The summed E-state index contributed by atoms with van der Waals surface area (Å²) in [6.45, 7) is 0.123. The minimum absolute atomic E-state index is 0.0666. The second-order valence-electron chi connectivity index (χ2n) is 4.44. The van der Waals surface area contributed by atoms with Crippen LogP contribution in [0.5, 0.6) is 0 Å². The number of hydrogen-bond donors (Lipinski definition) is 1. The number of nitrogens with one attached hydrogen (secondary N) is 1. The number of benzene rings is 1. The van der Waals surface area contributed by atoms with Crippen LogP contribution in [0.4, 0.5) is 4.39 Å². The average Bonchev–Trinajstić information content (AvgIpc) is 3.16. The summed E-state index contributed by atoms with van der Waals surface area (Å²) in [5.74, 6) is -0.628. The van der Waals surface area contributed by atoms with E-state index in [1.165, 1.54) is 29.5 Å². The van der Waals surface area contributed by atoms with Gasteiger partial charge in [0.1, 0.15) is 11.5 Å². The number of halogens is 2. The van der Waals surface area contributed by atoms with Gasteiger partial charge in [-0.05, 0) is 23.6 Å². The minimum Gasteiger partial charge on any atom is -0.355 e. The van der Waals surface area contributed by atoms with E-state index in [4.69, 9.17) is 16.1 Å². The second kappa shape index (κ2) is 6.29. The van der Waals surface area contributed by atoms with Gasteiger partial charge in [0.05, 0.1) is 22.0 Å². The van der Waals surface area contributed by atoms with Gasteiger partial charge in [0.2, 0.25) is 0 Å². The second-order valence-corrected chi connectivity index (χ2v) is 5.79. The molecule has 1 N–H and O–H groups in total. The zero-order valence-corrected chi connectivity index (χ0v) is 12.7. The molecule has 3 aromatic rings. The fourth-order valence-electron chi connectivity index (χ4n) is 1.90. The van der Waals surface area contributed by atoms with Crippen molar-refractivity contribution in [3.63, 3.8) is 0 Å². The molecule has 2 heterocycles. The first-order valence-corrected chi connectivity index (χ1v) is 7.62. The average molecular weight is 337 g/mol. The van der Waals surface area contributed by atoms with E-state index in [0.29, 0.717) is 11.5 Å². The van der Waals surface area contributed by atoms with Crippen LogP contribution in [0.25, 0.3) is 10.6 Å². The Morgan fingerprint density at radius 3 is 2.95 bits per heavy atom. The molecule has 3 rings (SSSR count). The Morgan fingerprint density at radius 2 is 2.23 bits per heavy atom. The van der Waals surface area contributed by atoms with Crippen molar-refractivity contribution >= 4 is 28.8 Å². The SMILES string of the molecule is O=C(NCc1cc(-c2cccs2)on1)c1c(F)cccc1Cl. The highest BCUT2D eigenvalue weighted by Crippen LogP contribution is 2.25. The predicted octanol–water partition coefficient (Wildman–Crippen LogP) is 4.13. The van der Waals surface area contributed by atoms with Gasteiger partial charge in [0.15, 0.2) is 5.76 Å². The highest BCUT2D eigenvalue weighted by Gasteiger charge is 2.16. The molecule has 0 unspecified atom stereocenters. The van der Waals surface area contributed by atoms with Crippen molar-refractivity contribution in [2.45, 2.75) is 6.54 Å². The van der Waals surface area contributed by atoms with Crippen molar-refractivity contribution in [3.8, 4) is 10.6 Å². The molecule has 1 amide bonds. The largest absolute Gasteiger partial charge is 0.355 e. The first-order chi connectivity index (χ1) is 10.6. The van der Waals surface area contributed by atoms with E-state index in [2.05, 4.69) is 10.5 Å². The maximum Gasteiger partial charge on any atom is 0.256 e. The molecule has 0 saturated carbocycles. The maximum absolute atomic E-state index is 13.6. The Labute approximate surface area is 134 Å². The number of nitrogens with zero attached hydrogens (tertiary/aromatic N) is 1. The van der Waals surface area contributed by atoms with Crippen LogP contribution in [0.1, 0.15) is 16.1 Å². The number of carbonyl (C=O) groups is 1. The van der Waals surface area contributed by atoms with Gasteiger partial charge < -0.3 is 9.84 Å². The molecular formula is C15H10ClFN2O2S. The molecule has 7 heteroatoms. The molecule has 0 fully saturated rings. The molecule has 0 spiro atoms. The molecule has 0 atom stereocenters. The molecule has 0 radical (unpaired) electrons. The van der Waals surface area contributed by atoms with Gasteiger partial charge >= 0.3 is 0 Å². The lowest BCUT2D eigenvalue weighted by Crippen LogP contribution is -2.24.